The maximum Gasteiger partial charge on any atom is 0.239 e. The van der Waals surface area contributed by atoms with Gasteiger partial charge >= 0.3 is 0 Å². The molecule has 20 heavy (non-hydrogen) atoms. The molecule has 1 aliphatic rings. The average Bonchev–Trinajstić information content (AvgIpc) is 2.45. The minimum atomic E-state index is -0.106. The van der Waals surface area contributed by atoms with Crippen LogP contribution in [0.4, 0.5) is 5.82 Å². The van der Waals surface area contributed by atoms with E-state index in [1.54, 1.807) is 4.90 Å². The summed E-state index contributed by atoms with van der Waals surface area (Å²) in [6.45, 7) is 3.12. The van der Waals surface area contributed by atoms with Gasteiger partial charge in [-0.25, -0.2) is 4.98 Å². The van der Waals surface area contributed by atoms with Gasteiger partial charge in [0.05, 0.1) is 17.7 Å². The normalized spacial score (nSPS) is 14.4. The molecule has 1 aromatic rings. The van der Waals surface area contributed by atoms with Crippen molar-refractivity contribution in [2.24, 2.45) is 0 Å². The third-order valence-electron chi connectivity index (χ3n) is 3.18. The highest BCUT2D eigenvalue weighted by Gasteiger charge is 2.24. The number of piperazine rings is 1. The Morgan fingerprint density at radius 2 is 2.10 bits per heavy atom. The maximum absolute atomic E-state index is 11.5. The van der Waals surface area contributed by atoms with Gasteiger partial charge in [0, 0.05) is 13.1 Å². The highest BCUT2D eigenvalue weighted by molar-refractivity contribution is 7.80. The molecule has 6 nitrogen and oxygen atoms in total. The first-order chi connectivity index (χ1) is 9.62. The zero-order valence-electron chi connectivity index (χ0n) is 11.0. The van der Waals surface area contributed by atoms with Gasteiger partial charge in [-0.05, 0) is 12.0 Å². The number of nitrogens with one attached hydrogen (secondary N) is 1. The molecule has 1 amide bonds. The second kappa shape index (κ2) is 5.81. The number of nitriles is 2. The zero-order chi connectivity index (χ0) is 14.7. The standard InChI is InChI=1S/C13H13N5OS/c1-2-8-9(5-14)12(17-13(20)10(8)6-15)18-4-3-16-11(19)7-18/h2-4,7H2,1H3,(H,16,19)(H,17,20). The van der Waals surface area contributed by atoms with Crippen LogP contribution >= 0.6 is 12.6 Å². The van der Waals surface area contributed by atoms with E-state index in [-0.39, 0.29) is 12.5 Å². The number of pyridine rings is 1. The molecule has 0 atom stereocenters. The largest absolute Gasteiger partial charge is 0.353 e. The lowest BCUT2D eigenvalue weighted by atomic mass is 10.0. The van der Waals surface area contributed by atoms with Gasteiger partial charge in [0.1, 0.15) is 23.0 Å². The molecule has 0 aromatic carbocycles. The first kappa shape index (κ1) is 14.2. The summed E-state index contributed by atoms with van der Waals surface area (Å²) in [7, 11) is 0. The topological polar surface area (TPSA) is 92.8 Å². The summed E-state index contributed by atoms with van der Waals surface area (Å²) in [4.78, 5) is 17.5. The van der Waals surface area contributed by atoms with Crippen LogP contribution in [-0.2, 0) is 11.2 Å². The van der Waals surface area contributed by atoms with Gasteiger partial charge < -0.3 is 10.2 Å². The molecule has 0 saturated carbocycles. The fourth-order valence-corrected chi connectivity index (χ4v) is 2.52. The van der Waals surface area contributed by atoms with Gasteiger partial charge in [0.2, 0.25) is 5.91 Å². The molecule has 1 aliphatic heterocycles. The van der Waals surface area contributed by atoms with E-state index in [1.807, 2.05) is 13.0 Å². The van der Waals surface area contributed by atoms with Gasteiger partial charge in [-0.1, -0.05) is 6.92 Å². The van der Waals surface area contributed by atoms with Crippen molar-refractivity contribution in [3.8, 4) is 12.1 Å². The van der Waals surface area contributed by atoms with Gasteiger partial charge in [-0.3, -0.25) is 4.79 Å². The van der Waals surface area contributed by atoms with Gasteiger partial charge in [0.15, 0.2) is 0 Å². The number of hydrogen-bond donors (Lipinski definition) is 2. The monoisotopic (exact) mass is 287 g/mol. The van der Waals surface area contributed by atoms with E-state index in [4.69, 9.17) is 5.26 Å². The molecular formula is C13H13N5OS. The summed E-state index contributed by atoms with van der Waals surface area (Å²) in [6.07, 6.45) is 0.537. The maximum atomic E-state index is 11.5. The van der Waals surface area contributed by atoms with Crippen LogP contribution in [0, 0.1) is 22.7 Å². The minimum Gasteiger partial charge on any atom is -0.353 e. The summed E-state index contributed by atoms with van der Waals surface area (Å²) in [5.41, 5.74) is 1.32. The second-order valence-corrected chi connectivity index (χ2v) is 4.76. The molecule has 1 aromatic heterocycles. The van der Waals surface area contributed by atoms with Crippen molar-refractivity contribution in [2.75, 3.05) is 24.5 Å². The average molecular weight is 287 g/mol. The smallest absolute Gasteiger partial charge is 0.239 e. The Morgan fingerprint density at radius 1 is 1.40 bits per heavy atom. The molecule has 0 aliphatic carbocycles. The van der Waals surface area contributed by atoms with E-state index in [1.165, 1.54) is 0 Å². The number of hydrogen-bond acceptors (Lipinski definition) is 6. The van der Waals surface area contributed by atoms with Crippen LogP contribution in [0.2, 0.25) is 0 Å². The van der Waals surface area contributed by atoms with Crippen molar-refractivity contribution in [2.45, 2.75) is 18.4 Å². The zero-order valence-corrected chi connectivity index (χ0v) is 11.9. The number of anilines is 1. The van der Waals surface area contributed by atoms with Crippen molar-refractivity contribution >= 4 is 24.4 Å². The molecule has 1 N–H and O–H groups in total. The van der Waals surface area contributed by atoms with Crippen molar-refractivity contribution in [1.82, 2.24) is 10.3 Å². The Morgan fingerprint density at radius 3 is 2.65 bits per heavy atom. The highest BCUT2D eigenvalue weighted by Crippen LogP contribution is 2.28. The lowest BCUT2D eigenvalue weighted by molar-refractivity contribution is -0.120. The van der Waals surface area contributed by atoms with Crippen LogP contribution in [0.15, 0.2) is 5.03 Å². The van der Waals surface area contributed by atoms with Crippen LogP contribution in [0.1, 0.15) is 23.6 Å². The van der Waals surface area contributed by atoms with E-state index in [9.17, 15) is 10.1 Å². The first-order valence-corrected chi connectivity index (χ1v) is 6.64. The van der Waals surface area contributed by atoms with Gasteiger partial charge in [0.25, 0.3) is 0 Å². The Kier molecular flexibility index (Phi) is 4.11. The number of rotatable bonds is 2. The van der Waals surface area contributed by atoms with E-state index in [0.29, 0.717) is 47.0 Å². The number of carbonyl (C=O) groups excluding carboxylic acids is 1. The lowest BCUT2D eigenvalue weighted by Crippen LogP contribution is -2.48. The molecule has 7 heteroatoms. The SMILES string of the molecule is CCc1c(C#N)c(S)nc(N2CCNC(=O)C2)c1C#N. The first-order valence-electron chi connectivity index (χ1n) is 6.20. The van der Waals surface area contributed by atoms with Crippen LogP contribution in [0.25, 0.3) is 0 Å². The Bertz CT molecular complexity index is 644. The molecule has 0 unspecified atom stereocenters. The summed E-state index contributed by atoms with van der Waals surface area (Å²) < 4.78 is 0. The highest BCUT2D eigenvalue weighted by atomic mass is 32.1. The van der Waals surface area contributed by atoms with Crippen molar-refractivity contribution in [1.29, 1.82) is 10.5 Å². The molecule has 0 radical (unpaired) electrons. The molecule has 2 heterocycles. The van der Waals surface area contributed by atoms with Crippen LogP contribution in [-0.4, -0.2) is 30.5 Å². The summed E-state index contributed by atoms with van der Waals surface area (Å²) in [6, 6.07) is 4.15. The quantitative estimate of drug-likeness (QED) is 0.778. The van der Waals surface area contributed by atoms with E-state index >= 15 is 0 Å². The number of aromatic nitrogens is 1. The third-order valence-corrected chi connectivity index (χ3v) is 3.50. The Hall–Kier alpha value is -2.25. The minimum absolute atomic E-state index is 0.106. The number of carbonyl (C=O) groups is 1. The lowest BCUT2D eigenvalue weighted by Gasteiger charge is -2.29. The third kappa shape index (κ3) is 2.40. The van der Waals surface area contributed by atoms with E-state index in [0.717, 1.165) is 0 Å². The molecule has 102 valence electrons. The number of nitrogens with zero attached hydrogens (tertiary/aromatic N) is 4. The van der Waals surface area contributed by atoms with Crippen LogP contribution in [0.3, 0.4) is 0 Å². The predicted molar refractivity (Wildman–Crippen MR) is 75.5 cm³/mol. The predicted octanol–water partition coefficient (Wildman–Crippen LogP) is 0.612. The molecular weight excluding hydrogens is 274 g/mol. The summed E-state index contributed by atoms with van der Waals surface area (Å²) in [5.74, 6) is 0.327. The van der Waals surface area contributed by atoms with Crippen LogP contribution in [0.5, 0.6) is 0 Å². The number of amides is 1. The van der Waals surface area contributed by atoms with E-state index < -0.39 is 0 Å². The van der Waals surface area contributed by atoms with Crippen molar-refractivity contribution < 1.29 is 4.79 Å². The van der Waals surface area contributed by atoms with Crippen LogP contribution < -0.4 is 10.2 Å². The van der Waals surface area contributed by atoms with Crippen molar-refractivity contribution in [3.05, 3.63) is 16.7 Å². The molecule has 2 rings (SSSR count). The van der Waals surface area contributed by atoms with E-state index in [2.05, 4.69) is 29.0 Å². The fraction of sp³-hybridized carbons (Fsp3) is 0.385. The number of thiol groups is 1. The summed E-state index contributed by atoms with van der Waals surface area (Å²) in [5, 5.41) is 21.6. The molecule has 1 fully saturated rings. The Balaban J connectivity index is 2.59. The molecule has 1 saturated heterocycles. The van der Waals surface area contributed by atoms with Gasteiger partial charge in [-0.2, -0.15) is 10.5 Å². The second-order valence-electron chi connectivity index (χ2n) is 4.34. The fourth-order valence-electron chi connectivity index (χ4n) is 2.24. The summed E-state index contributed by atoms with van der Waals surface area (Å²) >= 11 is 4.23. The molecule has 0 spiro atoms. The Labute approximate surface area is 122 Å². The molecule has 0 bridgehead atoms. The van der Waals surface area contributed by atoms with Gasteiger partial charge in [-0.15, -0.1) is 12.6 Å². The van der Waals surface area contributed by atoms with Crippen molar-refractivity contribution in [3.63, 3.8) is 0 Å².